The van der Waals surface area contributed by atoms with Gasteiger partial charge >= 0.3 is 0 Å². The molecule has 144 valence electrons. The first-order chi connectivity index (χ1) is 13.4. The largest absolute Gasteiger partial charge is 0.484 e. The van der Waals surface area contributed by atoms with Gasteiger partial charge in [0.1, 0.15) is 11.6 Å². The van der Waals surface area contributed by atoms with Gasteiger partial charge in [-0.05, 0) is 48.5 Å². The molecule has 0 spiro atoms. The van der Waals surface area contributed by atoms with Gasteiger partial charge in [0.25, 0.3) is 15.9 Å². The molecule has 3 rings (SSSR count). The van der Waals surface area contributed by atoms with Crippen molar-refractivity contribution in [2.45, 2.75) is 4.90 Å². The number of aromatic nitrogens is 1. The second kappa shape index (κ2) is 8.49. The molecule has 0 radical (unpaired) electrons. The topological polar surface area (TPSA) is 97.4 Å². The van der Waals surface area contributed by atoms with E-state index in [-0.39, 0.29) is 23.1 Å². The summed E-state index contributed by atoms with van der Waals surface area (Å²) in [6.07, 6.45) is 3.10. The lowest BCUT2D eigenvalue weighted by Gasteiger charge is -2.11. The molecule has 2 aromatic carbocycles. The van der Waals surface area contributed by atoms with Crippen LogP contribution < -0.4 is 14.8 Å². The maximum absolute atomic E-state index is 13.0. The fourth-order valence-corrected chi connectivity index (χ4v) is 3.31. The van der Waals surface area contributed by atoms with Crippen LogP contribution in [-0.2, 0) is 14.8 Å². The van der Waals surface area contributed by atoms with Crippen LogP contribution in [0.1, 0.15) is 0 Å². The molecule has 0 aliphatic carbocycles. The van der Waals surface area contributed by atoms with E-state index in [4.69, 9.17) is 4.74 Å². The van der Waals surface area contributed by atoms with E-state index >= 15 is 0 Å². The number of rotatable bonds is 7. The van der Waals surface area contributed by atoms with Crippen LogP contribution >= 0.6 is 0 Å². The van der Waals surface area contributed by atoms with Gasteiger partial charge < -0.3 is 10.1 Å². The standard InChI is InChI=1S/C19H16FN3O4S/c20-14-4-6-18(7-5-14)28(25,26)23-16-2-1-3-17(12-16)27-13-19(24)22-15-8-10-21-11-9-15/h1-12,23H,13H2,(H,21,22,24). The molecule has 28 heavy (non-hydrogen) atoms. The van der Waals surface area contributed by atoms with Crippen molar-refractivity contribution in [2.75, 3.05) is 16.6 Å². The van der Waals surface area contributed by atoms with E-state index in [1.54, 1.807) is 36.7 Å². The maximum Gasteiger partial charge on any atom is 0.262 e. The summed E-state index contributed by atoms with van der Waals surface area (Å²) in [6.45, 7) is -0.253. The second-order valence-electron chi connectivity index (χ2n) is 5.66. The summed E-state index contributed by atoms with van der Waals surface area (Å²) >= 11 is 0. The Labute approximate surface area is 161 Å². The van der Waals surface area contributed by atoms with Gasteiger partial charge in [-0.2, -0.15) is 0 Å². The Balaban J connectivity index is 1.62. The summed E-state index contributed by atoms with van der Waals surface area (Å²) in [7, 11) is -3.88. The van der Waals surface area contributed by atoms with Crippen molar-refractivity contribution in [2.24, 2.45) is 0 Å². The lowest BCUT2D eigenvalue weighted by atomic mass is 10.3. The predicted molar refractivity (Wildman–Crippen MR) is 102 cm³/mol. The number of hydrogen-bond donors (Lipinski definition) is 2. The van der Waals surface area contributed by atoms with Gasteiger partial charge in [0.15, 0.2) is 6.61 Å². The minimum Gasteiger partial charge on any atom is -0.484 e. The summed E-state index contributed by atoms with van der Waals surface area (Å²) < 4.78 is 45.5. The number of benzene rings is 2. The normalized spacial score (nSPS) is 10.9. The van der Waals surface area contributed by atoms with Crippen LogP contribution in [0.15, 0.2) is 78.0 Å². The molecular weight excluding hydrogens is 385 g/mol. The lowest BCUT2D eigenvalue weighted by molar-refractivity contribution is -0.118. The zero-order chi connectivity index (χ0) is 20.0. The van der Waals surface area contributed by atoms with E-state index in [1.807, 2.05) is 0 Å². The van der Waals surface area contributed by atoms with Crippen molar-refractivity contribution >= 4 is 27.3 Å². The number of carbonyl (C=O) groups is 1. The lowest BCUT2D eigenvalue weighted by Crippen LogP contribution is -2.20. The number of carbonyl (C=O) groups excluding carboxylic acids is 1. The molecule has 1 aromatic heterocycles. The minimum absolute atomic E-state index is 0.0723. The fourth-order valence-electron chi connectivity index (χ4n) is 2.26. The number of halogens is 1. The molecule has 0 aliphatic rings. The molecule has 0 unspecified atom stereocenters. The summed E-state index contributed by atoms with van der Waals surface area (Å²) in [5.74, 6) is -0.591. The monoisotopic (exact) mass is 401 g/mol. The molecule has 0 saturated heterocycles. The maximum atomic E-state index is 13.0. The highest BCUT2D eigenvalue weighted by Crippen LogP contribution is 2.21. The van der Waals surface area contributed by atoms with Crippen molar-refractivity contribution in [1.29, 1.82) is 0 Å². The molecular formula is C19H16FN3O4S. The zero-order valence-corrected chi connectivity index (χ0v) is 15.3. The molecule has 0 bridgehead atoms. The van der Waals surface area contributed by atoms with Gasteiger partial charge in [-0.15, -0.1) is 0 Å². The molecule has 1 amide bonds. The number of nitrogens with one attached hydrogen (secondary N) is 2. The van der Waals surface area contributed by atoms with Gasteiger partial charge in [-0.25, -0.2) is 12.8 Å². The Bertz CT molecular complexity index is 1060. The summed E-state index contributed by atoms with van der Waals surface area (Å²) in [5, 5.41) is 2.64. The molecule has 0 saturated carbocycles. The van der Waals surface area contributed by atoms with Crippen molar-refractivity contribution in [1.82, 2.24) is 4.98 Å². The Morgan fingerprint density at radius 2 is 1.71 bits per heavy atom. The Morgan fingerprint density at radius 1 is 1.00 bits per heavy atom. The summed E-state index contributed by atoms with van der Waals surface area (Å²) in [5.41, 5.74) is 0.834. The van der Waals surface area contributed by atoms with Crippen LogP contribution in [0.5, 0.6) is 5.75 Å². The van der Waals surface area contributed by atoms with E-state index in [0.29, 0.717) is 11.4 Å². The number of hydrogen-bond acceptors (Lipinski definition) is 5. The van der Waals surface area contributed by atoms with Crippen molar-refractivity contribution in [3.05, 3.63) is 78.9 Å². The van der Waals surface area contributed by atoms with E-state index in [0.717, 1.165) is 12.1 Å². The third kappa shape index (κ3) is 5.27. The first kappa shape index (κ1) is 19.3. The molecule has 3 aromatic rings. The zero-order valence-electron chi connectivity index (χ0n) is 14.5. The summed E-state index contributed by atoms with van der Waals surface area (Å²) in [6, 6.07) is 13.9. The Hall–Kier alpha value is -3.46. The average Bonchev–Trinajstić information content (AvgIpc) is 2.67. The molecule has 0 atom stereocenters. The predicted octanol–water partition coefficient (Wildman–Crippen LogP) is 3.04. The molecule has 2 N–H and O–H groups in total. The van der Waals surface area contributed by atoms with E-state index in [2.05, 4.69) is 15.0 Å². The molecule has 0 fully saturated rings. The van der Waals surface area contributed by atoms with Gasteiger partial charge in [-0.3, -0.25) is 14.5 Å². The first-order valence-corrected chi connectivity index (χ1v) is 9.62. The number of nitrogens with zero attached hydrogens (tertiary/aromatic N) is 1. The number of ether oxygens (including phenoxy) is 1. The number of amides is 1. The number of anilines is 2. The van der Waals surface area contributed by atoms with Gasteiger partial charge in [0, 0.05) is 24.1 Å². The summed E-state index contributed by atoms with van der Waals surface area (Å²) in [4.78, 5) is 15.7. The van der Waals surface area contributed by atoms with E-state index in [1.165, 1.54) is 24.3 Å². The van der Waals surface area contributed by atoms with Crippen molar-refractivity contribution in [3.8, 4) is 5.75 Å². The Kier molecular flexibility index (Phi) is 5.85. The fraction of sp³-hybridized carbons (Fsp3) is 0.0526. The number of pyridine rings is 1. The Morgan fingerprint density at radius 3 is 2.43 bits per heavy atom. The highest BCUT2D eigenvalue weighted by atomic mass is 32.2. The van der Waals surface area contributed by atoms with Gasteiger partial charge in [0.2, 0.25) is 0 Å². The number of sulfonamides is 1. The van der Waals surface area contributed by atoms with Crippen LogP contribution in [-0.4, -0.2) is 25.9 Å². The van der Waals surface area contributed by atoms with E-state index < -0.39 is 15.8 Å². The van der Waals surface area contributed by atoms with Crippen LogP contribution in [0.25, 0.3) is 0 Å². The first-order valence-electron chi connectivity index (χ1n) is 8.13. The molecule has 7 nitrogen and oxygen atoms in total. The van der Waals surface area contributed by atoms with Crippen LogP contribution in [0.2, 0.25) is 0 Å². The third-order valence-electron chi connectivity index (χ3n) is 3.54. The molecule has 1 heterocycles. The van der Waals surface area contributed by atoms with E-state index in [9.17, 15) is 17.6 Å². The average molecular weight is 401 g/mol. The second-order valence-corrected chi connectivity index (χ2v) is 7.34. The minimum atomic E-state index is -3.88. The third-order valence-corrected chi connectivity index (χ3v) is 4.94. The van der Waals surface area contributed by atoms with Crippen molar-refractivity contribution < 1.29 is 22.3 Å². The molecule has 0 aliphatic heterocycles. The van der Waals surface area contributed by atoms with Crippen molar-refractivity contribution in [3.63, 3.8) is 0 Å². The highest BCUT2D eigenvalue weighted by Gasteiger charge is 2.14. The van der Waals surface area contributed by atoms with Crippen LogP contribution in [0.4, 0.5) is 15.8 Å². The van der Waals surface area contributed by atoms with Gasteiger partial charge in [0.05, 0.1) is 10.6 Å². The SMILES string of the molecule is O=C(COc1cccc(NS(=O)(=O)c2ccc(F)cc2)c1)Nc1ccncc1. The quantitative estimate of drug-likeness (QED) is 0.634. The van der Waals surface area contributed by atoms with Crippen LogP contribution in [0, 0.1) is 5.82 Å². The van der Waals surface area contributed by atoms with Crippen LogP contribution in [0.3, 0.4) is 0 Å². The smallest absolute Gasteiger partial charge is 0.262 e. The highest BCUT2D eigenvalue weighted by molar-refractivity contribution is 7.92. The van der Waals surface area contributed by atoms with Gasteiger partial charge in [-0.1, -0.05) is 6.07 Å². The molecule has 9 heteroatoms.